The smallest absolute Gasteiger partial charge is 0.264 e. The number of nitrogens with zero attached hydrogens (tertiary/aromatic N) is 2. The van der Waals surface area contributed by atoms with Gasteiger partial charge in [0.2, 0.25) is 0 Å². The Bertz CT molecular complexity index is 816. The molecule has 0 aliphatic carbocycles. The third-order valence-electron chi connectivity index (χ3n) is 2.53. The number of pyridine rings is 1. The number of anilines is 1. The highest BCUT2D eigenvalue weighted by atomic mass is 79.9. The lowest BCUT2D eigenvalue weighted by atomic mass is 10.3. The van der Waals surface area contributed by atoms with E-state index in [-0.39, 0.29) is 10.6 Å². The number of methoxy groups -OCH3 is 1. The first-order chi connectivity index (χ1) is 9.96. The molecular weight excluding hydrogens is 358 g/mol. The van der Waals surface area contributed by atoms with E-state index >= 15 is 0 Å². The van der Waals surface area contributed by atoms with Gasteiger partial charge in [0.25, 0.3) is 10.0 Å². The molecule has 0 saturated heterocycles. The van der Waals surface area contributed by atoms with Gasteiger partial charge < -0.3 is 4.74 Å². The Labute approximate surface area is 130 Å². The van der Waals surface area contributed by atoms with Crippen molar-refractivity contribution in [3.05, 3.63) is 46.7 Å². The van der Waals surface area contributed by atoms with Gasteiger partial charge in [-0.25, -0.2) is 13.4 Å². The van der Waals surface area contributed by atoms with Crippen molar-refractivity contribution >= 4 is 31.6 Å². The third-order valence-corrected chi connectivity index (χ3v) is 4.40. The summed E-state index contributed by atoms with van der Waals surface area (Å²) in [5, 5.41) is 8.94. The molecule has 0 saturated carbocycles. The predicted molar refractivity (Wildman–Crippen MR) is 80.5 cm³/mol. The average Bonchev–Trinajstić information content (AvgIpc) is 2.46. The van der Waals surface area contributed by atoms with E-state index in [0.29, 0.717) is 15.9 Å². The lowest BCUT2D eigenvalue weighted by Gasteiger charge is -2.10. The minimum absolute atomic E-state index is 0.160. The normalized spacial score (nSPS) is 10.7. The van der Waals surface area contributed by atoms with Crippen molar-refractivity contribution in [1.29, 1.82) is 5.26 Å². The van der Waals surface area contributed by atoms with Crippen LogP contribution in [0.5, 0.6) is 5.75 Å². The number of aromatic nitrogens is 1. The number of hydrogen-bond acceptors (Lipinski definition) is 5. The monoisotopic (exact) mass is 367 g/mol. The van der Waals surface area contributed by atoms with Crippen molar-refractivity contribution in [1.82, 2.24) is 4.98 Å². The Morgan fingerprint density at radius 2 is 2.14 bits per heavy atom. The quantitative estimate of drug-likeness (QED) is 0.895. The lowest BCUT2D eigenvalue weighted by Crippen LogP contribution is -2.15. The summed E-state index contributed by atoms with van der Waals surface area (Å²) < 4.78 is 32.8. The van der Waals surface area contributed by atoms with Crippen LogP contribution < -0.4 is 9.46 Å². The van der Waals surface area contributed by atoms with Crippen LogP contribution in [0.3, 0.4) is 0 Å². The summed E-state index contributed by atoms with van der Waals surface area (Å²) in [4.78, 5) is 3.57. The molecule has 1 N–H and O–H groups in total. The van der Waals surface area contributed by atoms with E-state index in [4.69, 9.17) is 10.00 Å². The Kier molecular flexibility index (Phi) is 4.45. The van der Waals surface area contributed by atoms with E-state index < -0.39 is 10.0 Å². The van der Waals surface area contributed by atoms with Crippen molar-refractivity contribution in [3.63, 3.8) is 0 Å². The van der Waals surface area contributed by atoms with Gasteiger partial charge in [-0.15, -0.1) is 0 Å². The molecule has 0 amide bonds. The highest BCUT2D eigenvalue weighted by Crippen LogP contribution is 2.26. The van der Waals surface area contributed by atoms with Crippen molar-refractivity contribution in [2.45, 2.75) is 4.90 Å². The first kappa shape index (κ1) is 15.3. The van der Waals surface area contributed by atoms with Gasteiger partial charge >= 0.3 is 0 Å². The Balaban J connectivity index is 2.43. The van der Waals surface area contributed by atoms with E-state index in [9.17, 15) is 8.42 Å². The molecule has 8 heteroatoms. The Morgan fingerprint density at radius 3 is 2.81 bits per heavy atom. The van der Waals surface area contributed by atoms with Crippen molar-refractivity contribution in [2.75, 3.05) is 11.8 Å². The maximum Gasteiger partial charge on any atom is 0.264 e. The standard InChI is InChI=1S/C13H10BrN3O3S/c1-20-11-6-9(14)5-10(7-11)17-21(18,19)13-3-2-4-16-12(13)8-15/h2-7,17H,1H3. The fourth-order valence-corrected chi connectivity index (χ4v) is 3.26. The molecule has 0 unspecified atom stereocenters. The van der Waals surface area contributed by atoms with Crippen molar-refractivity contribution < 1.29 is 13.2 Å². The third kappa shape index (κ3) is 3.51. The molecule has 21 heavy (non-hydrogen) atoms. The molecule has 1 heterocycles. The summed E-state index contributed by atoms with van der Waals surface area (Å²) in [6.45, 7) is 0. The van der Waals surface area contributed by atoms with Crippen LogP contribution in [-0.2, 0) is 10.0 Å². The van der Waals surface area contributed by atoms with Crippen LogP contribution in [0, 0.1) is 11.3 Å². The predicted octanol–water partition coefficient (Wildman–Crippen LogP) is 2.53. The maximum absolute atomic E-state index is 12.3. The van der Waals surface area contributed by atoms with Gasteiger partial charge in [-0.2, -0.15) is 5.26 Å². The fraction of sp³-hybridized carbons (Fsp3) is 0.0769. The SMILES string of the molecule is COc1cc(Br)cc(NS(=O)(=O)c2cccnc2C#N)c1. The van der Waals surface area contributed by atoms with Crippen LogP contribution in [0.2, 0.25) is 0 Å². The minimum Gasteiger partial charge on any atom is -0.497 e. The Hall–Kier alpha value is -2.11. The molecule has 0 aliphatic rings. The van der Waals surface area contributed by atoms with Gasteiger partial charge in [0.05, 0.1) is 12.8 Å². The highest BCUT2D eigenvalue weighted by Gasteiger charge is 2.19. The number of sulfonamides is 1. The van der Waals surface area contributed by atoms with Gasteiger partial charge in [0, 0.05) is 16.7 Å². The van der Waals surface area contributed by atoms with Crippen LogP contribution >= 0.6 is 15.9 Å². The number of nitriles is 1. The van der Waals surface area contributed by atoms with Crippen LogP contribution in [0.15, 0.2) is 45.9 Å². The zero-order chi connectivity index (χ0) is 15.5. The molecule has 2 aromatic rings. The lowest BCUT2D eigenvalue weighted by molar-refractivity contribution is 0.415. The summed E-state index contributed by atoms with van der Waals surface area (Å²) in [6.07, 6.45) is 1.36. The number of rotatable bonds is 4. The molecule has 1 aromatic heterocycles. The second-order valence-electron chi connectivity index (χ2n) is 3.95. The van der Waals surface area contributed by atoms with Crippen LogP contribution in [0.4, 0.5) is 5.69 Å². The summed E-state index contributed by atoms with van der Waals surface area (Å²) in [5.74, 6) is 0.494. The number of nitrogens with one attached hydrogen (secondary N) is 1. The second-order valence-corrected chi connectivity index (χ2v) is 6.51. The van der Waals surface area contributed by atoms with E-state index in [1.165, 1.54) is 31.5 Å². The summed E-state index contributed by atoms with van der Waals surface area (Å²) in [5.41, 5.74) is 0.154. The average molecular weight is 368 g/mol. The molecular formula is C13H10BrN3O3S. The molecule has 0 spiro atoms. The fourth-order valence-electron chi connectivity index (χ4n) is 1.64. The van der Waals surface area contributed by atoms with E-state index in [0.717, 1.165) is 0 Å². The molecule has 0 atom stereocenters. The number of ether oxygens (including phenoxy) is 1. The van der Waals surface area contributed by atoms with Crippen molar-refractivity contribution in [2.24, 2.45) is 0 Å². The van der Waals surface area contributed by atoms with Gasteiger partial charge in [-0.1, -0.05) is 15.9 Å². The molecule has 108 valence electrons. The molecule has 6 nitrogen and oxygen atoms in total. The molecule has 0 bridgehead atoms. The van der Waals surface area contributed by atoms with Gasteiger partial charge in [0.15, 0.2) is 5.69 Å². The number of benzene rings is 1. The largest absolute Gasteiger partial charge is 0.497 e. The van der Waals surface area contributed by atoms with E-state index in [1.807, 2.05) is 0 Å². The van der Waals surface area contributed by atoms with Gasteiger partial charge in [-0.05, 0) is 24.3 Å². The topological polar surface area (TPSA) is 92.1 Å². The number of halogens is 1. The summed E-state index contributed by atoms with van der Waals surface area (Å²) in [7, 11) is -2.43. The second kappa shape index (κ2) is 6.11. The molecule has 0 radical (unpaired) electrons. The molecule has 1 aromatic carbocycles. The van der Waals surface area contributed by atoms with E-state index in [1.54, 1.807) is 18.2 Å². The zero-order valence-corrected chi connectivity index (χ0v) is 13.3. The van der Waals surface area contributed by atoms with Crippen LogP contribution in [-0.4, -0.2) is 20.5 Å². The van der Waals surface area contributed by atoms with Gasteiger partial charge in [-0.3, -0.25) is 4.72 Å². The number of hydrogen-bond donors (Lipinski definition) is 1. The maximum atomic E-state index is 12.3. The minimum atomic E-state index is -3.91. The van der Waals surface area contributed by atoms with Crippen molar-refractivity contribution in [3.8, 4) is 11.8 Å². The summed E-state index contributed by atoms with van der Waals surface area (Å²) in [6, 6.07) is 9.35. The van der Waals surface area contributed by atoms with Crippen LogP contribution in [0.1, 0.15) is 5.69 Å². The molecule has 0 fully saturated rings. The zero-order valence-electron chi connectivity index (χ0n) is 10.9. The first-order valence-electron chi connectivity index (χ1n) is 5.69. The Morgan fingerprint density at radius 1 is 1.38 bits per heavy atom. The highest BCUT2D eigenvalue weighted by molar-refractivity contribution is 9.10. The first-order valence-corrected chi connectivity index (χ1v) is 7.96. The molecule has 2 rings (SSSR count). The van der Waals surface area contributed by atoms with Crippen LogP contribution in [0.25, 0.3) is 0 Å². The summed E-state index contributed by atoms with van der Waals surface area (Å²) >= 11 is 3.27. The van der Waals surface area contributed by atoms with E-state index in [2.05, 4.69) is 25.6 Å². The molecule has 0 aliphatic heterocycles. The van der Waals surface area contributed by atoms with Gasteiger partial charge in [0.1, 0.15) is 16.7 Å².